The number of hydrogen-bond acceptors (Lipinski definition) is 3. The summed E-state index contributed by atoms with van der Waals surface area (Å²) >= 11 is 1.58. The van der Waals surface area contributed by atoms with Crippen molar-refractivity contribution in [1.29, 1.82) is 0 Å². The molecule has 0 radical (unpaired) electrons. The van der Waals surface area contributed by atoms with Crippen LogP contribution in [0.25, 0.3) is 11.3 Å². The molecule has 0 aliphatic carbocycles. The molecule has 3 aromatic rings. The highest BCUT2D eigenvalue weighted by atomic mass is 32.2. The standard InChI is InChI=1S/C21H21N3OS/c1-26-19-11-5-3-9-16(19)21(25)23-17-10-4-2-8-15(17)18-14-24-13-7-6-12-20(24)22-18/h2-5,8-11,14H,6-7,12-13H2,1H3,(H,23,25). The molecule has 1 amide bonds. The van der Waals surface area contributed by atoms with Crippen LogP contribution in [0.3, 0.4) is 0 Å². The molecule has 0 saturated carbocycles. The SMILES string of the molecule is CSc1ccccc1C(=O)Nc1ccccc1-c1cn2c(n1)CCCC2. The Morgan fingerprint density at radius 3 is 2.77 bits per heavy atom. The van der Waals surface area contributed by atoms with Gasteiger partial charge in [-0.1, -0.05) is 30.3 Å². The first-order chi connectivity index (χ1) is 12.8. The summed E-state index contributed by atoms with van der Waals surface area (Å²) in [5.74, 6) is 1.05. The molecule has 0 bridgehead atoms. The van der Waals surface area contributed by atoms with Gasteiger partial charge in [-0.15, -0.1) is 11.8 Å². The molecule has 1 aliphatic rings. The molecule has 2 aromatic carbocycles. The van der Waals surface area contributed by atoms with Crippen LogP contribution < -0.4 is 5.32 Å². The highest BCUT2D eigenvalue weighted by Crippen LogP contribution is 2.30. The monoisotopic (exact) mass is 363 g/mol. The van der Waals surface area contributed by atoms with Crippen LogP contribution in [-0.2, 0) is 13.0 Å². The molecule has 4 rings (SSSR count). The highest BCUT2D eigenvalue weighted by Gasteiger charge is 2.17. The number of carbonyl (C=O) groups excluding carboxylic acids is 1. The maximum Gasteiger partial charge on any atom is 0.256 e. The summed E-state index contributed by atoms with van der Waals surface area (Å²) in [6, 6.07) is 15.6. The molecular formula is C21H21N3OS. The highest BCUT2D eigenvalue weighted by molar-refractivity contribution is 7.98. The minimum absolute atomic E-state index is 0.0913. The largest absolute Gasteiger partial charge is 0.334 e. The maximum atomic E-state index is 12.8. The van der Waals surface area contributed by atoms with Gasteiger partial charge < -0.3 is 9.88 Å². The first kappa shape index (κ1) is 16.9. The average Bonchev–Trinajstić information content (AvgIpc) is 3.12. The minimum atomic E-state index is -0.0913. The van der Waals surface area contributed by atoms with E-state index in [2.05, 4.69) is 16.1 Å². The van der Waals surface area contributed by atoms with Crippen LogP contribution in [0.2, 0.25) is 0 Å². The summed E-state index contributed by atoms with van der Waals surface area (Å²) in [5, 5.41) is 3.08. The topological polar surface area (TPSA) is 46.9 Å². The number of nitrogens with zero attached hydrogens (tertiary/aromatic N) is 2. The van der Waals surface area contributed by atoms with E-state index in [0.29, 0.717) is 5.56 Å². The first-order valence-electron chi connectivity index (χ1n) is 8.86. The number of hydrogen-bond donors (Lipinski definition) is 1. The van der Waals surface area contributed by atoms with E-state index in [9.17, 15) is 4.79 Å². The molecule has 132 valence electrons. The van der Waals surface area contributed by atoms with E-state index in [1.807, 2.05) is 54.8 Å². The Labute approximate surface area is 157 Å². The van der Waals surface area contributed by atoms with Gasteiger partial charge in [0.05, 0.1) is 16.9 Å². The molecule has 1 aromatic heterocycles. The number of aromatic nitrogens is 2. The molecule has 0 atom stereocenters. The van der Waals surface area contributed by atoms with Crippen molar-refractivity contribution in [2.45, 2.75) is 30.7 Å². The first-order valence-corrected chi connectivity index (χ1v) is 10.1. The molecule has 1 N–H and O–H groups in total. The third kappa shape index (κ3) is 3.27. The van der Waals surface area contributed by atoms with Crippen LogP contribution >= 0.6 is 11.8 Å². The number of carbonyl (C=O) groups is 1. The Bertz CT molecular complexity index is 924. The molecule has 26 heavy (non-hydrogen) atoms. The van der Waals surface area contributed by atoms with Crippen molar-refractivity contribution in [1.82, 2.24) is 9.55 Å². The number of fused-ring (bicyclic) bond motifs is 1. The fourth-order valence-electron chi connectivity index (χ4n) is 3.38. The van der Waals surface area contributed by atoms with Gasteiger partial charge in [0.2, 0.25) is 0 Å². The molecule has 1 aliphatic heterocycles. The Kier molecular flexibility index (Phi) is 4.80. The lowest BCUT2D eigenvalue weighted by molar-refractivity contribution is 0.102. The van der Waals surface area contributed by atoms with E-state index < -0.39 is 0 Å². The number of thioether (sulfide) groups is 1. The lowest BCUT2D eigenvalue weighted by Gasteiger charge is -2.12. The van der Waals surface area contributed by atoms with Crippen molar-refractivity contribution in [2.75, 3.05) is 11.6 Å². The lowest BCUT2D eigenvalue weighted by atomic mass is 10.1. The van der Waals surface area contributed by atoms with Gasteiger partial charge in [-0.25, -0.2) is 4.98 Å². The zero-order chi connectivity index (χ0) is 17.9. The fourth-order valence-corrected chi connectivity index (χ4v) is 3.98. The summed E-state index contributed by atoms with van der Waals surface area (Å²) < 4.78 is 2.24. The molecule has 0 unspecified atom stereocenters. The van der Waals surface area contributed by atoms with Gasteiger partial charge in [-0.2, -0.15) is 0 Å². The van der Waals surface area contributed by atoms with Crippen molar-refractivity contribution in [3.8, 4) is 11.3 Å². The van der Waals surface area contributed by atoms with Crippen molar-refractivity contribution >= 4 is 23.4 Å². The number of anilines is 1. The molecule has 4 nitrogen and oxygen atoms in total. The summed E-state index contributed by atoms with van der Waals surface area (Å²) in [6.07, 6.45) is 7.51. The normalized spacial score (nSPS) is 13.3. The molecule has 2 heterocycles. The summed E-state index contributed by atoms with van der Waals surface area (Å²) in [6.45, 7) is 1.03. The van der Waals surface area contributed by atoms with E-state index in [-0.39, 0.29) is 5.91 Å². The van der Waals surface area contributed by atoms with Gasteiger partial charge in [0.15, 0.2) is 0 Å². The van der Waals surface area contributed by atoms with E-state index in [4.69, 9.17) is 4.98 Å². The molecule has 0 spiro atoms. The zero-order valence-electron chi connectivity index (χ0n) is 14.7. The third-order valence-electron chi connectivity index (χ3n) is 4.71. The summed E-state index contributed by atoms with van der Waals surface area (Å²) in [7, 11) is 0. The Hall–Kier alpha value is -2.53. The number of amides is 1. The van der Waals surface area contributed by atoms with Crippen LogP contribution in [0.15, 0.2) is 59.6 Å². The van der Waals surface area contributed by atoms with Gasteiger partial charge >= 0.3 is 0 Å². The predicted octanol–water partition coefficient (Wildman–Crippen LogP) is 4.86. The smallest absolute Gasteiger partial charge is 0.256 e. The molecular weight excluding hydrogens is 342 g/mol. The quantitative estimate of drug-likeness (QED) is 0.673. The number of rotatable bonds is 4. The van der Waals surface area contributed by atoms with Gasteiger partial charge in [-0.05, 0) is 37.3 Å². The number of para-hydroxylation sites is 1. The Morgan fingerprint density at radius 2 is 1.92 bits per heavy atom. The van der Waals surface area contributed by atoms with Crippen LogP contribution in [-0.4, -0.2) is 21.7 Å². The molecule has 0 saturated heterocycles. The third-order valence-corrected chi connectivity index (χ3v) is 5.51. The van der Waals surface area contributed by atoms with Gasteiger partial charge in [0.1, 0.15) is 5.82 Å². The summed E-state index contributed by atoms with van der Waals surface area (Å²) in [4.78, 5) is 18.6. The van der Waals surface area contributed by atoms with Crippen LogP contribution in [0.4, 0.5) is 5.69 Å². The molecule has 0 fully saturated rings. The van der Waals surface area contributed by atoms with Gasteiger partial charge in [0, 0.05) is 29.6 Å². The van der Waals surface area contributed by atoms with Gasteiger partial charge in [-0.3, -0.25) is 4.79 Å². The van der Waals surface area contributed by atoms with Crippen molar-refractivity contribution < 1.29 is 4.79 Å². The van der Waals surface area contributed by atoms with E-state index >= 15 is 0 Å². The fraction of sp³-hybridized carbons (Fsp3) is 0.238. The number of benzene rings is 2. The molecule has 5 heteroatoms. The van der Waals surface area contributed by atoms with E-state index in [0.717, 1.165) is 40.6 Å². The van der Waals surface area contributed by atoms with Crippen molar-refractivity contribution in [3.63, 3.8) is 0 Å². The second-order valence-electron chi connectivity index (χ2n) is 6.39. The Balaban J connectivity index is 1.66. The van der Waals surface area contributed by atoms with E-state index in [1.165, 1.54) is 12.8 Å². The number of aryl methyl sites for hydroxylation is 2. The van der Waals surface area contributed by atoms with Crippen LogP contribution in [0.5, 0.6) is 0 Å². The number of imidazole rings is 1. The zero-order valence-corrected chi connectivity index (χ0v) is 15.6. The van der Waals surface area contributed by atoms with Gasteiger partial charge in [0.25, 0.3) is 5.91 Å². The second-order valence-corrected chi connectivity index (χ2v) is 7.24. The van der Waals surface area contributed by atoms with Crippen molar-refractivity contribution in [3.05, 3.63) is 66.1 Å². The maximum absolute atomic E-state index is 12.8. The van der Waals surface area contributed by atoms with E-state index in [1.54, 1.807) is 11.8 Å². The second kappa shape index (κ2) is 7.38. The number of nitrogens with one attached hydrogen (secondary N) is 1. The Morgan fingerprint density at radius 1 is 1.12 bits per heavy atom. The average molecular weight is 363 g/mol. The minimum Gasteiger partial charge on any atom is -0.334 e. The summed E-state index contributed by atoms with van der Waals surface area (Å²) in [5.41, 5.74) is 3.38. The lowest BCUT2D eigenvalue weighted by Crippen LogP contribution is -2.13. The van der Waals surface area contributed by atoms with Crippen LogP contribution in [0.1, 0.15) is 29.0 Å². The predicted molar refractivity (Wildman–Crippen MR) is 107 cm³/mol. The van der Waals surface area contributed by atoms with Crippen LogP contribution in [0, 0.1) is 0 Å². The van der Waals surface area contributed by atoms with Crippen molar-refractivity contribution in [2.24, 2.45) is 0 Å².